The molecular formula is C14H20N2O4. The number of nitro groups is 1. The van der Waals surface area contributed by atoms with Crippen LogP contribution >= 0.6 is 0 Å². The molecule has 1 N–H and O–H groups in total. The summed E-state index contributed by atoms with van der Waals surface area (Å²) in [7, 11) is 1.68. The molecule has 1 aromatic carbocycles. The highest BCUT2D eigenvalue weighted by molar-refractivity contribution is 5.68. The van der Waals surface area contributed by atoms with Crippen molar-refractivity contribution in [1.82, 2.24) is 0 Å². The number of methoxy groups -OCH3 is 1. The summed E-state index contributed by atoms with van der Waals surface area (Å²) in [6.07, 6.45) is 3.10. The van der Waals surface area contributed by atoms with Crippen LogP contribution in [0.3, 0.4) is 0 Å². The molecule has 1 aromatic rings. The minimum atomic E-state index is -0.399. The van der Waals surface area contributed by atoms with Crippen LogP contribution in [0.25, 0.3) is 0 Å². The lowest BCUT2D eigenvalue weighted by molar-refractivity contribution is -0.385. The molecule has 20 heavy (non-hydrogen) atoms. The van der Waals surface area contributed by atoms with Crippen LogP contribution < -0.4 is 10.1 Å². The fraction of sp³-hybridized carbons (Fsp3) is 0.571. The number of ether oxygens (including phenoxy) is 2. The van der Waals surface area contributed by atoms with Gasteiger partial charge in [-0.05, 0) is 38.3 Å². The SMILES string of the molecule is CCOc1cccc(NC2CCCC2OC)c1[N+](=O)[O-]. The molecular weight excluding hydrogens is 260 g/mol. The van der Waals surface area contributed by atoms with E-state index in [0.29, 0.717) is 18.0 Å². The first kappa shape index (κ1) is 14.6. The number of rotatable bonds is 6. The first-order valence-corrected chi connectivity index (χ1v) is 6.87. The van der Waals surface area contributed by atoms with Crippen molar-refractivity contribution in [3.63, 3.8) is 0 Å². The third-order valence-corrected chi connectivity index (χ3v) is 3.58. The zero-order chi connectivity index (χ0) is 14.5. The number of para-hydroxylation sites is 1. The third-order valence-electron chi connectivity index (χ3n) is 3.58. The zero-order valence-electron chi connectivity index (χ0n) is 11.8. The Bertz CT molecular complexity index is 478. The highest BCUT2D eigenvalue weighted by Gasteiger charge is 2.30. The average Bonchev–Trinajstić information content (AvgIpc) is 2.86. The minimum Gasteiger partial charge on any atom is -0.487 e. The highest BCUT2D eigenvalue weighted by Crippen LogP contribution is 2.36. The average molecular weight is 280 g/mol. The van der Waals surface area contributed by atoms with Crippen molar-refractivity contribution < 1.29 is 14.4 Å². The smallest absolute Gasteiger partial charge is 0.333 e. The molecule has 0 aliphatic heterocycles. The van der Waals surface area contributed by atoms with Crippen LogP contribution in [-0.2, 0) is 4.74 Å². The molecule has 0 radical (unpaired) electrons. The van der Waals surface area contributed by atoms with Gasteiger partial charge in [-0.3, -0.25) is 10.1 Å². The predicted octanol–water partition coefficient (Wildman–Crippen LogP) is 2.97. The molecule has 6 nitrogen and oxygen atoms in total. The first-order chi connectivity index (χ1) is 9.67. The largest absolute Gasteiger partial charge is 0.487 e. The Labute approximate surface area is 118 Å². The van der Waals surface area contributed by atoms with Crippen molar-refractivity contribution in [2.24, 2.45) is 0 Å². The van der Waals surface area contributed by atoms with Gasteiger partial charge in [0, 0.05) is 7.11 Å². The van der Waals surface area contributed by atoms with Crippen LogP contribution in [0, 0.1) is 10.1 Å². The fourth-order valence-corrected chi connectivity index (χ4v) is 2.67. The second kappa shape index (κ2) is 6.56. The van der Waals surface area contributed by atoms with Crippen LogP contribution in [0.2, 0.25) is 0 Å². The predicted molar refractivity (Wildman–Crippen MR) is 76.3 cm³/mol. The van der Waals surface area contributed by atoms with Crippen LogP contribution in [0.15, 0.2) is 18.2 Å². The van der Waals surface area contributed by atoms with Gasteiger partial charge in [0.05, 0.1) is 23.7 Å². The highest BCUT2D eigenvalue weighted by atomic mass is 16.6. The summed E-state index contributed by atoms with van der Waals surface area (Å²) in [6.45, 7) is 2.20. The Morgan fingerprint density at radius 3 is 2.90 bits per heavy atom. The Morgan fingerprint density at radius 2 is 2.25 bits per heavy atom. The molecule has 1 aliphatic carbocycles. The van der Waals surface area contributed by atoms with Crippen molar-refractivity contribution in [1.29, 1.82) is 0 Å². The van der Waals surface area contributed by atoms with E-state index in [4.69, 9.17) is 9.47 Å². The van der Waals surface area contributed by atoms with Gasteiger partial charge in [-0.15, -0.1) is 0 Å². The van der Waals surface area contributed by atoms with Gasteiger partial charge >= 0.3 is 5.69 Å². The molecule has 2 rings (SSSR count). The Hall–Kier alpha value is -1.82. The lowest BCUT2D eigenvalue weighted by atomic mass is 10.1. The monoisotopic (exact) mass is 280 g/mol. The molecule has 1 fully saturated rings. The van der Waals surface area contributed by atoms with E-state index < -0.39 is 4.92 Å². The molecule has 110 valence electrons. The van der Waals surface area contributed by atoms with Gasteiger partial charge in [-0.2, -0.15) is 0 Å². The maximum atomic E-state index is 11.3. The molecule has 2 atom stereocenters. The molecule has 1 saturated carbocycles. The number of hydrogen-bond acceptors (Lipinski definition) is 5. The zero-order valence-corrected chi connectivity index (χ0v) is 11.8. The summed E-state index contributed by atoms with van der Waals surface area (Å²) in [6, 6.07) is 5.20. The van der Waals surface area contributed by atoms with E-state index in [0.717, 1.165) is 19.3 Å². The number of nitrogens with zero attached hydrogens (tertiary/aromatic N) is 1. The summed E-state index contributed by atoms with van der Waals surface area (Å²) in [5, 5.41) is 14.5. The number of hydrogen-bond donors (Lipinski definition) is 1. The van der Waals surface area contributed by atoms with Gasteiger partial charge in [-0.25, -0.2) is 0 Å². The molecule has 1 aliphatic rings. The quantitative estimate of drug-likeness (QED) is 0.640. The van der Waals surface area contributed by atoms with E-state index in [9.17, 15) is 10.1 Å². The number of benzene rings is 1. The topological polar surface area (TPSA) is 73.6 Å². The molecule has 0 amide bonds. The Morgan fingerprint density at radius 1 is 1.45 bits per heavy atom. The lowest BCUT2D eigenvalue weighted by Crippen LogP contribution is -2.30. The molecule has 6 heteroatoms. The Kier molecular flexibility index (Phi) is 4.79. The van der Waals surface area contributed by atoms with Crippen molar-refractivity contribution in [3.05, 3.63) is 28.3 Å². The molecule has 0 saturated heterocycles. The van der Waals surface area contributed by atoms with E-state index in [1.807, 2.05) is 6.92 Å². The molecule has 0 spiro atoms. The van der Waals surface area contributed by atoms with Crippen LogP contribution in [-0.4, -0.2) is 30.8 Å². The molecule has 2 unspecified atom stereocenters. The van der Waals surface area contributed by atoms with Crippen molar-refractivity contribution in [2.45, 2.75) is 38.3 Å². The Balaban J connectivity index is 2.26. The second-order valence-electron chi connectivity index (χ2n) is 4.80. The molecule has 0 bridgehead atoms. The maximum Gasteiger partial charge on any atom is 0.333 e. The van der Waals surface area contributed by atoms with Crippen LogP contribution in [0.4, 0.5) is 11.4 Å². The fourth-order valence-electron chi connectivity index (χ4n) is 2.67. The maximum absolute atomic E-state index is 11.3. The summed E-state index contributed by atoms with van der Waals surface area (Å²) < 4.78 is 10.8. The van der Waals surface area contributed by atoms with Gasteiger partial charge < -0.3 is 14.8 Å². The van der Waals surface area contributed by atoms with Gasteiger partial charge in [-0.1, -0.05) is 6.07 Å². The minimum absolute atomic E-state index is 0.00361. The first-order valence-electron chi connectivity index (χ1n) is 6.87. The third kappa shape index (κ3) is 3.01. The van der Waals surface area contributed by atoms with E-state index >= 15 is 0 Å². The normalized spacial score (nSPS) is 21.7. The summed E-state index contributed by atoms with van der Waals surface area (Å²) in [5.41, 5.74) is 0.492. The van der Waals surface area contributed by atoms with Crippen molar-refractivity contribution in [3.8, 4) is 5.75 Å². The van der Waals surface area contributed by atoms with E-state index in [2.05, 4.69) is 5.32 Å². The summed E-state index contributed by atoms with van der Waals surface area (Å²) >= 11 is 0. The number of nitrogens with one attached hydrogen (secondary N) is 1. The van der Waals surface area contributed by atoms with E-state index in [-0.39, 0.29) is 17.8 Å². The second-order valence-corrected chi connectivity index (χ2v) is 4.80. The van der Waals surface area contributed by atoms with Gasteiger partial charge in [0.25, 0.3) is 0 Å². The standard InChI is InChI=1S/C14H20N2O4/c1-3-20-13-9-5-7-11(14(13)16(17)18)15-10-6-4-8-12(10)19-2/h5,7,9-10,12,15H,3-4,6,8H2,1-2H3. The summed E-state index contributed by atoms with van der Waals surface area (Å²) in [4.78, 5) is 10.9. The van der Waals surface area contributed by atoms with Crippen molar-refractivity contribution >= 4 is 11.4 Å². The summed E-state index contributed by atoms with van der Waals surface area (Å²) in [5.74, 6) is 0.300. The van der Waals surface area contributed by atoms with Crippen LogP contribution in [0.1, 0.15) is 26.2 Å². The van der Waals surface area contributed by atoms with Crippen LogP contribution in [0.5, 0.6) is 5.75 Å². The van der Waals surface area contributed by atoms with E-state index in [1.54, 1.807) is 25.3 Å². The van der Waals surface area contributed by atoms with Crippen molar-refractivity contribution in [2.75, 3.05) is 19.0 Å². The molecule has 0 heterocycles. The number of anilines is 1. The molecule has 0 aromatic heterocycles. The van der Waals surface area contributed by atoms with Gasteiger partial charge in [0.15, 0.2) is 5.75 Å². The van der Waals surface area contributed by atoms with Gasteiger partial charge in [0.1, 0.15) is 5.69 Å². The number of nitro benzene ring substituents is 1. The lowest BCUT2D eigenvalue weighted by Gasteiger charge is -2.21. The van der Waals surface area contributed by atoms with Gasteiger partial charge in [0.2, 0.25) is 0 Å². The van der Waals surface area contributed by atoms with E-state index in [1.165, 1.54) is 0 Å².